The number of amides is 1. The Morgan fingerprint density at radius 1 is 1.26 bits per heavy atom. The molecule has 0 saturated carbocycles. The third-order valence-electron chi connectivity index (χ3n) is 3.18. The monoisotopic (exact) mass is 316 g/mol. The predicted octanol–water partition coefficient (Wildman–Crippen LogP) is 3.72. The number of nitrogens with one attached hydrogen (secondary N) is 2. The molecule has 19 heavy (non-hydrogen) atoms. The van der Waals surface area contributed by atoms with E-state index in [0.717, 1.165) is 21.1 Å². The van der Waals surface area contributed by atoms with E-state index in [1.54, 1.807) is 0 Å². The van der Waals surface area contributed by atoms with Gasteiger partial charge in [-0.3, -0.25) is 4.79 Å². The van der Waals surface area contributed by atoms with Gasteiger partial charge in [-0.15, -0.1) is 0 Å². The molecule has 0 bridgehead atoms. The van der Waals surface area contributed by atoms with Crippen molar-refractivity contribution in [3.05, 3.63) is 46.4 Å². The summed E-state index contributed by atoms with van der Waals surface area (Å²) < 4.78 is 1.09. The molecule has 3 nitrogen and oxygen atoms in total. The Bertz CT molecular complexity index is 776. The third-order valence-corrected chi connectivity index (χ3v) is 3.84. The number of hydrogen-bond acceptors (Lipinski definition) is 1. The highest BCUT2D eigenvalue weighted by atomic mass is 79.9. The molecule has 0 aliphatic carbocycles. The molecule has 96 valence electrons. The first-order valence-electron chi connectivity index (χ1n) is 6.08. The quantitative estimate of drug-likeness (QED) is 0.743. The van der Waals surface area contributed by atoms with Gasteiger partial charge in [-0.1, -0.05) is 34.1 Å². The van der Waals surface area contributed by atoms with E-state index in [9.17, 15) is 4.79 Å². The van der Waals surface area contributed by atoms with E-state index < -0.39 is 0 Å². The number of carbonyl (C=O) groups excluding carboxylic acids is 1. The number of aromatic nitrogens is 1. The zero-order chi connectivity index (χ0) is 13.4. The van der Waals surface area contributed by atoms with E-state index in [0.29, 0.717) is 6.54 Å². The molecule has 3 aromatic rings. The third kappa shape index (κ3) is 2.24. The first kappa shape index (κ1) is 12.2. The summed E-state index contributed by atoms with van der Waals surface area (Å²) in [5.41, 5.74) is 3.29. The van der Waals surface area contributed by atoms with E-state index >= 15 is 0 Å². The van der Waals surface area contributed by atoms with Crippen molar-refractivity contribution in [3.8, 4) is 0 Å². The molecule has 0 saturated heterocycles. The summed E-state index contributed by atoms with van der Waals surface area (Å²) in [7, 11) is 0. The summed E-state index contributed by atoms with van der Waals surface area (Å²) in [6.45, 7) is 2.08. The van der Waals surface area contributed by atoms with Crippen molar-refractivity contribution in [1.29, 1.82) is 0 Å². The second-order valence-corrected chi connectivity index (χ2v) is 5.43. The Morgan fingerprint density at radius 3 is 2.89 bits per heavy atom. The fourth-order valence-corrected chi connectivity index (χ4v) is 2.88. The van der Waals surface area contributed by atoms with Gasteiger partial charge < -0.3 is 10.3 Å². The molecule has 0 aliphatic heterocycles. The molecular formula is C15H13BrN2O. The minimum atomic E-state index is -0.0144. The van der Waals surface area contributed by atoms with Crippen molar-refractivity contribution in [3.63, 3.8) is 0 Å². The van der Waals surface area contributed by atoms with Crippen LogP contribution in [0.1, 0.15) is 12.5 Å². The number of fused-ring (bicyclic) bond motifs is 3. The fourth-order valence-electron chi connectivity index (χ4n) is 2.30. The highest BCUT2D eigenvalue weighted by Crippen LogP contribution is 2.31. The van der Waals surface area contributed by atoms with Crippen LogP contribution in [0.25, 0.3) is 21.8 Å². The number of hydrogen-bond donors (Lipinski definition) is 2. The van der Waals surface area contributed by atoms with Crippen molar-refractivity contribution in [2.75, 3.05) is 0 Å². The maximum Gasteiger partial charge on any atom is 0.217 e. The summed E-state index contributed by atoms with van der Waals surface area (Å²) in [5.74, 6) is -0.0144. The zero-order valence-electron chi connectivity index (χ0n) is 10.5. The second kappa shape index (κ2) is 4.70. The Morgan fingerprint density at radius 2 is 2.11 bits per heavy atom. The fraction of sp³-hybridized carbons (Fsp3) is 0.133. The summed E-state index contributed by atoms with van der Waals surface area (Å²) in [6.07, 6.45) is 0. The number of H-pyrrole nitrogens is 1. The van der Waals surface area contributed by atoms with Crippen molar-refractivity contribution >= 4 is 43.6 Å². The lowest BCUT2D eigenvalue weighted by Crippen LogP contribution is -2.18. The van der Waals surface area contributed by atoms with Crippen molar-refractivity contribution in [1.82, 2.24) is 10.3 Å². The van der Waals surface area contributed by atoms with Crippen molar-refractivity contribution < 1.29 is 4.79 Å². The molecular weight excluding hydrogens is 304 g/mol. The molecule has 0 radical (unpaired) electrons. The minimum Gasteiger partial charge on any atom is -0.354 e. The Balaban J connectivity index is 2.11. The van der Waals surface area contributed by atoms with Gasteiger partial charge in [0.25, 0.3) is 0 Å². The molecule has 2 N–H and O–H groups in total. The molecule has 1 aromatic heterocycles. The van der Waals surface area contributed by atoms with Gasteiger partial charge in [0, 0.05) is 39.7 Å². The SMILES string of the molecule is CC(=O)NCc1ccc2c(c1)[nH]c1cccc(Br)c12. The van der Waals surface area contributed by atoms with Crippen LogP contribution in [0.15, 0.2) is 40.9 Å². The van der Waals surface area contributed by atoms with Crippen LogP contribution in [0, 0.1) is 0 Å². The van der Waals surface area contributed by atoms with Crippen LogP contribution in [-0.4, -0.2) is 10.9 Å². The molecule has 2 aromatic carbocycles. The van der Waals surface area contributed by atoms with Crippen LogP contribution < -0.4 is 5.32 Å². The van der Waals surface area contributed by atoms with Gasteiger partial charge in [-0.2, -0.15) is 0 Å². The maximum absolute atomic E-state index is 10.9. The Hall–Kier alpha value is -1.81. The van der Waals surface area contributed by atoms with E-state index in [1.165, 1.54) is 17.7 Å². The summed E-state index contributed by atoms with van der Waals surface area (Å²) in [6, 6.07) is 12.3. The van der Waals surface area contributed by atoms with E-state index in [-0.39, 0.29) is 5.91 Å². The van der Waals surface area contributed by atoms with E-state index in [1.807, 2.05) is 18.2 Å². The number of benzene rings is 2. The highest BCUT2D eigenvalue weighted by molar-refractivity contribution is 9.10. The smallest absolute Gasteiger partial charge is 0.217 e. The topological polar surface area (TPSA) is 44.9 Å². The summed E-state index contributed by atoms with van der Waals surface area (Å²) >= 11 is 3.59. The van der Waals surface area contributed by atoms with Crippen molar-refractivity contribution in [2.24, 2.45) is 0 Å². The number of rotatable bonds is 2. The molecule has 0 spiro atoms. The second-order valence-electron chi connectivity index (χ2n) is 4.58. The van der Waals surface area contributed by atoms with Gasteiger partial charge >= 0.3 is 0 Å². The lowest BCUT2D eigenvalue weighted by Gasteiger charge is -2.02. The Labute approximate surface area is 119 Å². The molecule has 0 atom stereocenters. The molecule has 1 amide bonds. The first-order valence-corrected chi connectivity index (χ1v) is 6.88. The van der Waals surface area contributed by atoms with Crippen LogP contribution in [0.5, 0.6) is 0 Å². The van der Waals surface area contributed by atoms with Crippen LogP contribution in [0.2, 0.25) is 0 Å². The summed E-state index contributed by atoms with van der Waals surface area (Å²) in [5, 5.41) is 5.20. The number of aromatic amines is 1. The van der Waals surface area contributed by atoms with Crippen LogP contribution in [0.3, 0.4) is 0 Å². The zero-order valence-corrected chi connectivity index (χ0v) is 12.0. The van der Waals surface area contributed by atoms with Gasteiger partial charge in [-0.25, -0.2) is 0 Å². The van der Waals surface area contributed by atoms with Crippen LogP contribution in [0.4, 0.5) is 0 Å². The van der Waals surface area contributed by atoms with Gasteiger partial charge in [-0.05, 0) is 23.8 Å². The summed E-state index contributed by atoms with van der Waals surface area (Å²) in [4.78, 5) is 14.3. The molecule has 1 heterocycles. The van der Waals surface area contributed by atoms with E-state index in [2.05, 4.69) is 44.4 Å². The van der Waals surface area contributed by atoms with Crippen LogP contribution in [-0.2, 0) is 11.3 Å². The minimum absolute atomic E-state index is 0.0144. The average Bonchev–Trinajstić information content (AvgIpc) is 2.75. The average molecular weight is 317 g/mol. The molecule has 0 fully saturated rings. The Kier molecular flexibility index (Phi) is 3.03. The molecule has 3 rings (SSSR count). The molecule has 0 unspecified atom stereocenters. The van der Waals surface area contributed by atoms with Gasteiger partial charge in [0.2, 0.25) is 5.91 Å². The number of halogens is 1. The standard InChI is InChI=1S/C15H13BrN2O/c1-9(19)17-8-10-5-6-11-14(7-10)18-13-4-2-3-12(16)15(11)13/h2-7,18H,8H2,1H3,(H,17,19). The van der Waals surface area contributed by atoms with Gasteiger partial charge in [0.05, 0.1) is 0 Å². The lowest BCUT2D eigenvalue weighted by atomic mass is 10.1. The van der Waals surface area contributed by atoms with Crippen molar-refractivity contribution in [2.45, 2.75) is 13.5 Å². The van der Waals surface area contributed by atoms with Crippen LogP contribution >= 0.6 is 15.9 Å². The predicted molar refractivity (Wildman–Crippen MR) is 81.0 cm³/mol. The molecule has 0 aliphatic rings. The van der Waals surface area contributed by atoms with Gasteiger partial charge in [0.15, 0.2) is 0 Å². The van der Waals surface area contributed by atoms with Gasteiger partial charge in [0.1, 0.15) is 0 Å². The first-order chi connectivity index (χ1) is 9.15. The highest BCUT2D eigenvalue weighted by Gasteiger charge is 2.07. The maximum atomic E-state index is 10.9. The largest absolute Gasteiger partial charge is 0.354 e. The lowest BCUT2D eigenvalue weighted by molar-refractivity contribution is -0.119. The normalized spacial score (nSPS) is 11.1. The molecule has 4 heteroatoms. The van der Waals surface area contributed by atoms with E-state index in [4.69, 9.17) is 0 Å². The number of carbonyl (C=O) groups is 1.